The van der Waals surface area contributed by atoms with Gasteiger partial charge in [-0.15, -0.1) is 32.9 Å². The van der Waals surface area contributed by atoms with Gasteiger partial charge in [-0.1, -0.05) is 68.8 Å². The molecular formula is C54H61ClN10O6S2. The van der Waals surface area contributed by atoms with E-state index in [1.807, 2.05) is 106 Å². The van der Waals surface area contributed by atoms with E-state index < -0.39 is 35.6 Å². The molecule has 1 aliphatic carbocycles. The van der Waals surface area contributed by atoms with Crippen molar-refractivity contribution in [1.29, 1.82) is 0 Å². The largest absolute Gasteiger partial charge is 0.474 e. The number of fused-ring (bicyclic) bond motifs is 3. The number of aliphatic hydroxyl groups is 1. The average molecular weight is 1050 g/mol. The fourth-order valence-corrected chi connectivity index (χ4v) is 11.9. The van der Waals surface area contributed by atoms with Crippen molar-refractivity contribution in [1.82, 2.24) is 45.6 Å². The summed E-state index contributed by atoms with van der Waals surface area (Å²) in [7, 11) is 0. The first-order valence-corrected chi connectivity index (χ1v) is 26.7. The van der Waals surface area contributed by atoms with Gasteiger partial charge in [-0.3, -0.25) is 28.7 Å². The van der Waals surface area contributed by atoms with Crippen molar-refractivity contribution in [3.8, 4) is 21.3 Å². The van der Waals surface area contributed by atoms with E-state index in [0.29, 0.717) is 36.0 Å². The molecule has 4 N–H and O–H groups in total. The molecule has 2 aromatic carbocycles. The van der Waals surface area contributed by atoms with Gasteiger partial charge in [0.1, 0.15) is 35.1 Å². The Morgan fingerprint density at radius 1 is 0.918 bits per heavy atom. The molecule has 2 fully saturated rings. The van der Waals surface area contributed by atoms with Gasteiger partial charge in [-0.2, -0.15) is 0 Å². The van der Waals surface area contributed by atoms with Gasteiger partial charge in [0, 0.05) is 71.6 Å². The van der Waals surface area contributed by atoms with Gasteiger partial charge in [0.2, 0.25) is 29.5 Å². The Bertz CT molecular complexity index is 3060. The second-order valence-corrected chi connectivity index (χ2v) is 23.0. The number of likely N-dealkylation sites (tertiary alicyclic amines) is 1. The lowest BCUT2D eigenvalue weighted by molar-refractivity contribution is -0.144. The topological polar surface area (TPSA) is 206 Å². The third-order valence-corrected chi connectivity index (χ3v) is 16.4. The van der Waals surface area contributed by atoms with Crippen molar-refractivity contribution in [3.05, 3.63) is 127 Å². The number of rotatable bonds is 15. The molecule has 0 bridgehead atoms. The number of thiophene rings is 1. The van der Waals surface area contributed by atoms with E-state index in [2.05, 4.69) is 50.0 Å². The monoisotopic (exact) mass is 1040 g/mol. The summed E-state index contributed by atoms with van der Waals surface area (Å²) in [6, 6.07) is 16.3. The number of ether oxygens (including phenoxy) is 1. The standard InChI is InChI=1S/C54H61ClN10O6S2/c1-28-31(4)73-53-46(28)47(35-14-16-37(55)17-15-35)60-41(50-63-62-32(5)65(50)53)25-44(68)59-38-22-40(23-38)71-45-21-33(19-20-56-45)9-18-43(67)61-49(54(6,7)8)52(70)64-26-39(66)24-42(64)51(69)58-29(2)34-10-12-36(13-11-34)48-30(3)57-27-72-48/h10-17,19-21,27,29,38-42,49,66H,9,18,22-26H2,1-8H3,(H,58,69)(H,59,68)(H,61,67)/t29-,38?,39+,40?,41-,42-,49+/m0/s1. The lowest BCUT2D eigenvalue weighted by atomic mass is 9.85. The van der Waals surface area contributed by atoms with Crippen LogP contribution >= 0.6 is 34.3 Å². The van der Waals surface area contributed by atoms with Crippen LogP contribution in [0.4, 0.5) is 0 Å². The van der Waals surface area contributed by atoms with Crippen LogP contribution in [-0.2, 0) is 25.6 Å². The predicted molar refractivity (Wildman–Crippen MR) is 282 cm³/mol. The van der Waals surface area contributed by atoms with Gasteiger partial charge in [0.15, 0.2) is 5.82 Å². The number of carbonyl (C=O) groups is 4. The molecule has 4 amide bonds. The number of aliphatic hydroxyl groups excluding tert-OH is 1. The molecule has 1 saturated heterocycles. The molecule has 1 saturated carbocycles. The summed E-state index contributed by atoms with van der Waals surface area (Å²) in [4.78, 5) is 73.0. The highest BCUT2D eigenvalue weighted by Crippen LogP contribution is 2.40. The van der Waals surface area contributed by atoms with Crippen LogP contribution in [0.5, 0.6) is 5.88 Å². The number of benzene rings is 2. The Labute approximate surface area is 438 Å². The fourth-order valence-electron chi connectivity index (χ4n) is 9.72. The van der Waals surface area contributed by atoms with Crippen molar-refractivity contribution < 1.29 is 29.0 Å². The molecule has 19 heteroatoms. The maximum atomic E-state index is 14.3. The van der Waals surface area contributed by atoms with E-state index in [1.165, 1.54) is 9.78 Å². The molecule has 73 heavy (non-hydrogen) atoms. The second kappa shape index (κ2) is 21.2. The summed E-state index contributed by atoms with van der Waals surface area (Å²) in [5.41, 5.74) is 8.65. The van der Waals surface area contributed by atoms with Crippen LogP contribution in [0.15, 0.2) is 77.4 Å². The number of β-amino-alcohol motifs (C(OH)–C–C–N with tert-alkyl or cyclic N) is 1. The van der Waals surface area contributed by atoms with Gasteiger partial charge >= 0.3 is 0 Å². The van der Waals surface area contributed by atoms with Gasteiger partial charge in [-0.05, 0) is 86.9 Å². The zero-order chi connectivity index (χ0) is 51.9. The van der Waals surface area contributed by atoms with Crippen LogP contribution in [-0.4, -0.2) is 101 Å². The highest BCUT2D eigenvalue weighted by Gasteiger charge is 2.45. The molecule has 0 radical (unpaired) electrons. The molecular weight excluding hydrogens is 984 g/mol. The van der Waals surface area contributed by atoms with Crippen LogP contribution in [0.2, 0.25) is 5.02 Å². The normalized spacial score (nSPS) is 20.2. The molecule has 2 aliphatic heterocycles. The molecule has 6 aromatic rings. The maximum absolute atomic E-state index is 14.3. The average Bonchev–Trinajstić information content (AvgIpc) is 4.11. The van der Waals surface area contributed by atoms with Gasteiger partial charge < -0.3 is 30.7 Å². The number of halogens is 1. The SMILES string of the molecule is Cc1ncsc1-c1ccc([C@H](C)NC(=O)[C@@H]2C[C@@H](O)CN2C(=O)[C@@H](NC(=O)CCc2ccnc(OC3CC(NC(=O)C[C@@H]4N=C(c5ccc(Cl)cc5)c5c(sc(C)c5C)-n5c(C)nnc54)C3)c2)C(C)(C)C)cc1. The first kappa shape index (κ1) is 51.6. The Kier molecular flexibility index (Phi) is 15.0. The van der Waals surface area contributed by atoms with E-state index in [-0.39, 0.29) is 61.7 Å². The first-order chi connectivity index (χ1) is 34.8. The summed E-state index contributed by atoms with van der Waals surface area (Å²) in [5, 5.41) is 30.5. The zero-order valence-electron chi connectivity index (χ0n) is 42.2. The third kappa shape index (κ3) is 11.3. The van der Waals surface area contributed by atoms with Gasteiger partial charge in [0.05, 0.1) is 40.4 Å². The van der Waals surface area contributed by atoms with Crippen molar-refractivity contribution in [2.75, 3.05) is 6.54 Å². The molecule has 0 unspecified atom stereocenters. The third-order valence-electron chi connectivity index (χ3n) is 14.0. The highest BCUT2D eigenvalue weighted by atomic mass is 35.5. The van der Waals surface area contributed by atoms with Crippen LogP contribution < -0.4 is 20.7 Å². The Morgan fingerprint density at radius 2 is 1.64 bits per heavy atom. The van der Waals surface area contributed by atoms with E-state index in [1.54, 1.807) is 34.9 Å². The summed E-state index contributed by atoms with van der Waals surface area (Å²) < 4.78 is 8.26. The Hall–Kier alpha value is -6.34. The zero-order valence-corrected chi connectivity index (χ0v) is 44.6. The lowest BCUT2D eigenvalue weighted by Crippen LogP contribution is -2.57. The van der Waals surface area contributed by atoms with Crippen molar-refractivity contribution in [2.24, 2.45) is 10.4 Å². The smallest absolute Gasteiger partial charge is 0.246 e. The molecule has 0 spiro atoms. The van der Waals surface area contributed by atoms with Gasteiger partial charge in [-0.25, -0.2) is 9.97 Å². The maximum Gasteiger partial charge on any atom is 0.246 e. The fraction of sp³-hybridized carbons (Fsp3) is 0.426. The molecule has 9 rings (SSSR count). The molecule has 3 aliphatic rings. The van der Waals surface area contributed by atoms with E-state index >= 15 is 0 Å². The number of pyridine rings is 1. The summed E-state index contributed by atoms with van der Waals surface area (Å²) in [5.74, 6) is 0.481. The quantitative estimate of drug-likeness (QED) is 0.0779. The molecule has 6 heterocycles. The Morgan fingerprint density at radius 3 is 2.34 bits per heavy atom. The summed E-state index contributed by atoms with van der Waals surface area (Å²) in [6.45, 7) is 15.5. The Balaban J connectivity index is 0.767. The number of nitrogens with one attached hydrogen (secondary N) is 3. The number of thiazole rings is 1. The number of nitrogens with zero attached hydrogens (tertiary/aromatic N) is 7. The van der Waals surface area contributed by atoms with E-state index in [4.69, 9.17) is 21.3 Å². The van der Waals surface area contributed by atoms with Crippen LogP contribution in [0.25, 0.3) is 15.4 Å². The minimum atomic E-state index is -0.955. The number of hydrogen-bond acceptors (Lipinski definition) is 13. The summed E-state index contributed by atoms with van der Waals surface area (Å²) >= 11 is 9.51. The van der Waals surface area contributed by atoms with Crippen LogP contribution in [0, 0.1) is 33.1 Å². The van der Waals surface area contributed by atoms with E-state index in [9.17, 15) is 24.3 Å². The van der Waals surface area contributed by atoms with Crippen LogP contribution in [0.1, 0.15) is 122 Å². The molecule has 4 aromatic heterocycles. The second-order valence-electron chi connectivity index (χ2n) is 20.5. The number of aliphatic imine (C=N–C) groups is 1. The van der Waals surface area contributed by atoms with Crippen LogP contribution in [0.3, 0.4) is 0 Å². The number of aryl methyl sites for hydroxylation is 4. The van der Waals surface area contributed by atoms with Gasteiger partial charge in [0.25, 0.3) is 0 Å². The van der Waals surface area contributed by atoms with Crippen molar-refractivity contribution in [3.63, 3.8) is 0 Å². The predicted octanol–water partition coefficient (Wildman–Crippen LogP) is 8.05. The first-order valence-electron chi connectivity index (χ1n) is 24.7. The minimum Gasteiger partial charge on any atom is -0.474 e. The van der Waals surface area contributed by atoms with Crippen molar-refractivity contribution in [2.45, 2.75) is 136 Å². The number of hydrogen-bond donors (Lipinski definition) is 4. The number of carbonyl (C=O) groups excluding carboxylic acids is 4. The van der Waals surface area contributed by atoms with E-state index in [0.717, 1.165) is 60.5 Å². The lowest BCUT2D eigenvalue weighted by Gasteiger charge is -2.35. The molecule has 16 nitrogen and oxygen atoms in total. The summed E-state index contributed by atoms with van der Waals surface area (Å²) in [6.07, 6.45) is 2.38. The van der Waals surface area contributed by atoms with Crippen molar-refractivity contribution >= 4 is 63.6 Å². The molecule has 5 atom stereocenters. The molecule has 382 valence electrons. The number of amides is 4. The highest BCUT2D eigenvalue weighted by molar-refractivity contribution is 7.15. The number of aromatic nitrogens is 5. The minimum absolute atomic E-state index is 0.0202.